The van der Waals surface area contributed by atoms with Crippen LogP contribution in [0.25, 0.3) is 0 Å². The number of methoxy groups -OCH3 is 1. The van der Waals surface area contributed by atoms with Crippen molar-refractivity contribution in [3.8, 4) is 6.01 Å². The Morgan fingerprint density at radius 1 is 1.21 bits per heavy atom. The minimum atomic E-state index is 0.0231. The number of piperazine rings is 1. The lowest BCUT2D eigenvalue weighted by molar-refractivity contribution is 0.00991. The Labute approximate surface area is 169 Å². The van der Waals surface area contributed by atoms with Crippen LogP contribution in [0.4, 0.5) is 0 Å². The molecule has 0 N–H and O–H groups in total. The third-order valence-electron chi connectivity index (χ3n) is 5.74. The number of halogens is 1. The second kappa shape index (κ2) is 8.01. The maximum Gasteiger partial charge on any atom is 0.316 e. The number of hydrogen-bond acceptors (Lipinski definition) is 6. The Balaban J connectivity index is 1.50. The predicted molar refractivity (Wildman–Crippen MR) is 106 cm³/mol. The first kappa shape index (κ1) is 19.1. The van der Waals surface area contributed by atoms with E-state index in [-0.39, 0.29) is 5.91 Å². The molecule has 2 atom stereocenters. The molecule has 2 aliphatic rings. The number of aryl methyl sites for hydroxylation is 1. The summed E-state index contributed by atoms with van der Waals surface area (Å²) in [5.74, 6) is 0.0231. The topological polar surface area (TPSA) is 71.5 Å². The van der Waals surface area contributed by atoms with Crippen LogP contribution in [0.5, 0.6) is 6.01 Å². The lowest BCUT2D eigenvalue weighted by Gasteiger charge is -2.48. The summed E-state index contributed by atoms with van der Waals surface area (Å²) in [5, 5.41) is 0.397. The third kappa shape index (κ3) is 3.69. The number of amides is 1. The molecular weight excluding hydrogens is 378 g/mol. The summed E-state index contributed by atoms with van der Waals surface area (Å²) in [6, 6.07) is 4.44. The summed E-state index contributed by atoms with van der Waals surface area (Å²) in [7, 11) is 1.58. The van der Waals surface area contributed by atoms with E-state index in [0.717, 1.165) is 43.6 Å². The average molecular weight is 402 g/mol. The number of carbonyl (C=O) groups is 1. The number of pyridine rings is 1. The molecule has 2 fully saturated rings. The number of aromatic nitrogens is 3. The number of ether oxygens (including phenoxy) is 1. The van der Waals surface area contributed by atoms with E-state index >= 15 is 0 Å². The molecule has 2 aromatic rings. The highest BCUT2D eigenvalue weighted by Crippen LogP contribution is 2.37. The molecule has 7 nitrogen and oxygen atoms in total. The van der Waals surface area contributed by atoms with E-state index in [0.29, 0.717) is 35.4 Å². The Morgan fingerprint density at radius 3 is 2.79 bits per heavy atom. The molecule has 8 heteroatoms. The number of rotatable bonds is 3. The van der Waals surface area contributed by atoms with E-state index in [2.05, 4.69) is 19.9 Å². The fourth-order valence-corrected chi connectivity index (χ4v) is 4.45. The Hall–Kier alpha value is -2.25. The van der Waals surface area contributed by atoms with E-state index in [1.165, 1.54) is 0 Å². The van der Waals surface area contributed by atoms with Gasteiger partial charge in [0.25, 0.3) is 5.91 Å². The van der Waals surface area contributed by atoms with Crippen molar-refractivity contribution < 1.29 is 9.53 Å². The lowest BCUT2D eigenvalue weighted by Crippen LogP contribution is -2.57. The van der Waals surface area contributed by atoms with Crippen molar-refractivity contribution >= 4 is 17.5 Å². The first-order valence-electron chi connectivity index (χ1n) is 9.61. The van der Waals surface area contributed by atoms with Crippen molar-refractivity contribution in [3.05, 3.63) is 46.5 Å². The van der Waals surface area contributed by atoms with Gasteiger partial charge in [0.05, 0.1) is 12.7 Å². The number of hydrogen-bond donors (Lipinski definition) is 0. The molecule has 2 saturated heterocycles. The van der Waals surface area contributed by atoms with Crippen LogP contribution in [0.2, 0.25) is 5.15 Å². The molecule has 148 valence electrons. The zero-order valence-electron chi connectivity index (χ0n) is 16.1. The average Bonchev–Trinajstić information content (AvgIpc) is 2.73. The number of piperidine rings is 1. The standard InChI is InChI=1S/C20H24ClN5O2/c1-13-16(11-23-20(24-13)28-2)17-5-3-4-15-12-25(8-9-26(15)17)19(27)14-6-7-18(21)22-10-14/h6-7,10-11,15,17H,3-5,8-9,12H2,1-2H3/t15-,17+/m0/s1. The second-order valence-electron chi connectivity index (χ2n) is 7.36. The SMILES string of the molecule is COc1ncc([C@H]2CCC[C@H]3CN(C(=O)c4ccc(Cl)nc4)CCN32)c(C)n1. The van der Waals surface area contributed by atoms with Crippen LogP contribution < -0.4 is 4.74 Å². The maximum atomic E-state index is 12.9. The normalized spacial score (nSPS) is 22.6. The molecule has 4 rings (SSSR count). The van der Waals surface area contributed by atoms with Crippen molar-refractivity contribution in [2.24, 2.45) is 0 Å². The molecule has 1 amide bonds. The molecule has 2 aromatic heterocycles. The van der Waals surface area contributed by atoms with E-state index < -0.39 is 0 Å². The van der Waals surface area contributed by atoms with Gasteiger partial charge in [-0.1, -0.05) is 11.6 Å². The van der Waals surface area contributed by atoms with Gasteiger partial charge in [0, 0.05) is 55.4 Å². The molecule has 28 heavy (non-hydrogen) atoms. The zero-order chi connectivity index (χ0) is 19.7. The van der Waals surface area contributed by atoms with E-state index in [9.17, 15) is 4.79 Å². The van der Waals surface area contributed by atoms with Gasteiger partial charge in [-0.15, -0.1) is 0 Å². The molecule has 0 spiro atoms. The monoisotopic (exact) mass is 401 g/mol. The molecule has 0 bridgehead atoms. The summed E-state index contributed by atoms with van der Waals surface area (Å²) < 4.78 is 5.14. The van der Waals surface area contributed by atoms with Crippen molar-refractivity contribution in [1.29, 1.82) is 0 Å². The minimum absolute atomic E-state index is 0.0231. The molecule has 0 aromatic carbocycles. The van der Waals surface area contributed by atoms with Crippen molar-refractivity contribution in [2.45, 2.75) is 38.3 Å². The van der Waals surface area contributed by atoms with Crippen LogP contribution in [-0.4, -0.2) is 63.4 Å². The van der Waals surface area contributed by atoms with Gasteiger partial charge in [-0.3, -0.25) is 9.69 Å². The van der Waals surface area contributed by atoms with Crippen molar-refractivity contribution in [3.63, 3.8) is 0 Å². The predicted octanol–water partition coefficient (Wildman–Crippen LogP) is 2.89. The summed E-state index contributed by atoms with van der Waals surface area (Å²) in [6.45, 7) is 4.28. The van der Waals surface area contributed by atoms with Crippen LogP contribution in [0.15, 0.2) is 24.5 Å². The van der Waals surface area contributed by atoms with E-state index in [1.54, 1.807) is 25.4 Å². The van der Waals surface area contributed by atoms with E-state index in [1.807, 2.05) is 18.0 Å². The Morgan fingerprint density at radius 2 is 2.07 bits per heavy atom. The number of carbonyl (C=O) groups excluding carboxylic acids is 1. The lowest BCUT2D eigenvalue weighted by atomic mass is 9.89. The Bertz CT molecular complexity index is 860. The van der Waals surface area contributed by atoms with Crippen LogP contribution >= 0.6 is 11.6 Å². The zero-order valence-corrected chi connectivity index (χ0v) is 16.9. The summed E-state index contributed by atoms with van der Waals surface area (Å²) in [5.41, 5.74) is 2.71. The number of nitrogens with zero attached hydrogens (tertiary/aromatic N) is 5. The molecule has 0 saturated carbocycles. The van der Waals surface area contributed by atoms with Crippen molar-refractivity contribution in [2.75, 3.05) is 26.7 Å². The van der Waals surface area contributed by atoms with Crippen LogP contribution in [0, 0.1) is 6.92 Å². The maximum absolute atomic E-state index is 12.9. The van der Waals surface area contributed by atoms with Gasteiger partial charge >= 0.3 is 6.01 Å². The molecule has 0 unspecified atom stereocenters. The summed E-state index contributed by atoms with van der Waals surface area (Å²) >= 11 is 5.84. The first-order chi connectivity index (χ1) is 13.6. The Kier molecular flexibility index (Phi) is 5.46. The van der Waals surface area contributed by atoms with Gasteiger partial charge in [0.2, 0.25) is 0 Å². The summed E-state index contributed by atoms with van der Waals surface area (Å²) in [6.07, 6.45) is 6.75. The van der Waals surface area contributed by atoms with Crippen LogP contribution in [-0.2, 0) is 0 Å². The van der Waals surface area contributed by atoms with Crippen LogP contribution in [0.3, 0.4) is 0 Å². The van der Waals surface area contributed by atoms with Gasteiger partial charge in [0.1, 0.15) is 5.15 Å². The molecule has 0 aliphatic carbocycles. The van der Waals surface area contributed by atoms with Gasteiger partial charge < -0.3 is 9.64 Å². The molecule has 2 aliphatic heterocycles. The quantitative estimate of drug-likeness (QED) is 0.736. The van der Waals surface area contributed by atoms with Crippen molar-refractivity contribution in [1.82, 2.24) is 24.8 Å². The largest absolute Gasteiger partial charge is 0.467 e. The molecular formula is C20H24ClN5O2. The fourth-order valence-electron chi connectivity index (χ4n) is 4.33. The number of fused-ring (bicyclic) bond motifs is 1. The molecule has 4 heterocycles. The smallest absolute Gasteiger partial charge is 0.316 e. The molecule has 0 radical (unpaired) electrons. The highest BCUT2D eigenvalue weighted by Gasteiger charge is 2.38. The minimum Gasteiger partial charge on any atom is -0.467 e. The third-order valence-corrected chi connectivity index (χ3v) is 5.97. The highest BCUT2D eigenvalue weighted by atomic mass is 35.5. The highest BCUT2D eigenvalue weighted by molar-refractivity contribution is 6.29. The van der Waals surface area contributed by atoms with Gasteiger partial charge in [-0.05, 0) is 38.3 Å². The summed E-state index contributed by atoms with van der Waals surface area (Å²) in [4.78, 5) is 30.1. The van der Waals surface area contributed by atoms with E-state index in [4.69, 9.17) is 16.3 Å². The van der Waals surface area contributed by atoms with Gasteiger partial charge in [-0.2, -0.15) is 0 Å². The fraction of sp³-hybridized carbons (Fsp3) is 0.500. The van der Waals surface area contributed by atoms with Gasteiger partial charge in [0.15, 0.2) is 0 Å². The second-order valence-corrected chi connectivity index (χ2v) is 7.74. The first-order valence-corrected chi connectivity index (χ1v) is 9.98. The van der Waals surface area contributed by atoms with Gasteiger partial charge in [-0.25, -0.2) is 15.0 Å². The van der Waals surface area contributed by atoms with Crippen LogP contribution in [0.1, 0.15) is 46.9 Å².